The average molecular weight is 425 g/mol. The summed E-state index contributed by atoms with van der Waals surface area (Å²) in [6, 6.07) is 22.0. The number of amides is 1. The molecule has 0 spiro atoms. The molecule has 156 valence electrons. The Hall–Kier alpha value is -3.32. The summed E-state index contributed by atoms with van der Waals surface area (Å²) in [5.74, 6) is 0.515. The van der Waals surface area contributed by atoms with E-state index in [-0.39, 0.29) is 16.8 Å². The lowest BCUT2D eigenvalue weighted by atomic mass is 10.1. The fraction of sp³-hybridized carbons (Fsp3) is 0.174. The first-order valence-corrected chi connectivity index (χ1v) is 10.9. The zero-order chi connectivity index (χ0) is 21.7. The minimum atomic E-state index is -3.66. The van der Waals surface area contributed by atoms with Crippen LogP contribution in [0.2, 0.25) is 0 Å². The smallest absolute Gasteiger partial charge is 0.264 e. The molecule has 1 amide bonds. The third-order valence-electron chi connectivity index (χ3n) is 4.86. The second-order valence-electron chi connectivity index (χ2n) is 6.80. The van der Waals surface area contributed by atoms with Crippen LogP contribution in [-0.2, 0) is 10.0 Å². The fourth-order valence-corrected chi connectivity index (χ4v) is 4.18. The molecule has 1 atom stereocenters. The number of carbonyl (C=O) groups excluding carboxylic acids is 1. The summed E-state index contributed by atoms with van der Waals surface area (Å²) < 4.78 is 31.8. The molecule has 0 saturated heterocycles. The van der Waals surface area contributed by atoms with Crippen molar-refractivity contribution in [3.05, 3.63) is 90.0 Å². The van der Waals surface area contributed by atoms with Gasteiger partial charge in [0.2, 0.25) is 0 Å². The largest absolute Gasteiger partial charge is 0.497 e. The number of anilines is 1. The maximum Gasteiger partial charge on any atom is 0.264 e. The SMILES string of the molecule is COc1ccc(C(C)NC(=O)c2ccc(N(C)S(=O)(=O)c3ccccc3)cc2)cc1. The van der Waals surface area contributed by atoms with E-state index < -0.39 is 10.0 Å². The predicted molar refractivity (Wildman–Crippen MR) is 117 cm³/mol. The molecule has 0 radical (unpaired) electrons. The molecule has 1 N–H and O–H groups in total. The van der Waals surface area contributed by atoms with Crippen LogP contribution < -0.4 is 14.4 Å². The molecule has 6 nitrogen and oxygen atoms in total. The molecule has 0 fully saturated rings. The number of carbonyl (C=O) groups is 1. The molecule has 0 aromatic heterocycles. The van der Waals surface area contributed by atoms with Gasteiger partial charge in [0.25, 0.3) is 15.9 Å². The van der Waals surface area contributed by atoms with Crippen LogP contribution in [0.5, 0.6) is 5.75 Å². The molecule has 30 heavy (non-hydrogen) atoms. The summed E-state index contributed by atoms with van der Waals surface area (Å²) in [6.45, 7) is 1.90. The van der Waals surface area contributed by atoms with Gasteiger partial charge in [-0.1, -0.05) is 30.3 Å². The molecule has 3 aromatic carbocycles. The van der Waals surface area contributed by atoms with Gasteiger partial charge >= 0.3 is 0 Å². The molecular formula is C23H24N2O4S. The van der Waals surface area contributed by atoms with Gasteiger partial charge < -0.3 is 10.1 Å². The number of hydrogen-bond donors (Lipinski definition) is 1. The van der Waals surface area contributed by atoms with Crippen molar-refractivity contribution in [3.8, 4) is 5.75 Å². The Kier molecular flexibility index (Phi) is 6.42. The molecule has 7 heteroatoms. The highest BCUT2D eigenvalue weighted by molar-refractivity contribution is 7.92. The van der Waals surface area contributed by atoms with E-state index in [1.54, 1.807) is 61.7 Å². The first-order valence-electron chi connectivity index (χ1n) is 9.42. The van der Waals surface area contributed by atoms with Crippen LogP contribution in [0.25, 0.3) is 0 Å². The van der Waals surface area contributed by atoms with E-state index in [0.29, 0.717) is 11.3 Å². The summed E-state index contributed by atoms with van der Waals surface area (Å²) >= 11 is 0. The predicted octanol–water partition coefficient (Wildman–Crippen LogP) is 4.01. The highest BCUT2D eigenvalue weighted by Gasteiger charge is 2.21. The molecule has 1 unspecified atom stereocenters. The second-order valence-corrected chi connectivity index (χ2v) is 8.77. The summed E-state index contributed by atoms with van der Waals surface area (Å²) in [4.78, 5) is 12.8. The van der Waals surface area contributed by atoms with Crippen molar-refractivity contribution in [2.24, 2.45) is 0 Å². The molecule has 0 heterocycles. The summed E-state index contributed by atoms with van der Waals surface area (Å²) in [5.41, 5.74) is 1.87. The molecule has 0 bridgehead atoms. The number of sulfonamides is 1. The van der Waals surface area contributed by atoms with Crippen molar-refractivity contribution in [3.63, 3.8) is 0 Å². The maximum absolute atomic E-state index is 12.7. The number of nitrogens with one attached hydrogen (secondary N) is 1. The van der Waals surface area contributed by atoms with E-state index in [9.17, 15) is 13.2 Å². The topological polar surface area (TPSA) is 75.7 Å². The second kappa shape index (κ2) is 9.00. The highest BCUT2D eigenvalue weighted by Crippen LogP contribution is 2.23. The molecule has 3 aromatic rings. The molecule has 0 saturated carbocycles. The van der Waals surface area contributed by atoms with Gasteiger partial charge in [0.1, 0.15) is 5.75 Å². The minimum Gasteiger partial charge on any atom is -0.497 e. The quantitative estimate of drug-likeness (QED) is 0.622. The van der Waals surface area contributed by atoms with E-state index in [2.05, 4.69) is 5.32 Å². The number of hydrogen-bond acceptors (Lipinski definition) is 4. The lowest BCUT2D eigenvalue weighted by Gasteiger charge is -2.20. The Morgan fingerprint density at radius 1 is 0.933 bits per heavy atom. The van der Waals surface area contributed by atoms with E-state index >= 15 is 0 Å². The van der Waals surface area contributed by atoms with Crippen molar-refractivity contribution in [1.29, 1.82) is 0 Å². The Morgan fingerprint density at radius 3 is 2.10 bits per heavy atom. The standard InChI is InChI=1S/C23H24N2O4S/c1-17(18-11-15-21(29-3)16-12-18)24-23(26)19-9-13-20(14-10-19)25(2)30(27,28)22-7-5-4-6-8-22/h4-17H,1-3H3,(H,24,26). The van der Waals surface area contributed by atoms with Crippen molar-refractivity contribution in [2.45, 2.75) is 17.9 Å². The highest BCUT2D eigenvalue weighted by atomic mass is 32.2. The number of rotatable bonds is 7. The Labute approximate surface area is 177 Å². The zero-order valence-corrected chi connectivity index (χ0v) is 17.9. The Morgan fingerprint density at radius 2 is 1.53 bits per heavy atom. The monoisotopic (exact) mass is 424 g/mol. The van der Waals surface area contributed by atoms with Crippen LogP contribution in [0.15, 0.2) is 83.8 Å². The van der Waals surface area contributed by atoms with Crippen molar-refractivity contribution in [2.75, 3.05) is 18.5 Å². The summed E-state index contributed by atoms with van der Waals surface area (Å²) in [7, 11) is -0.571. The lowest BCUT2D eigenvalue weighted by Crippen LogP contribution is -2.28. The van der Waals surface area contributed by atoms with Crippen molar-refractivity contribution in [1.82, 2.24) is 5.32 Å². The van der Waals surface area contributed by atoms with Crippen LogP contribution in [0.3, 0.4) is 0 Å². The fourth-order valence-electron chi connectivity index (χ4n) is 2.97. The van der Waals surface area contributed by atoms with Crippen LogP contribution in [0.1, 0.15) is 28.9 Å². The molecular weight excluding hydrogens is 400 g/mol. The third-order valence-corrected chi connectivity index (χ3v) is 6.66. The van der Waals surface area contributed by atoms with E-state index in [0.717, 1.165) is 11.3 Å². The van der Waals surface area contributed by atoms with Gasteiger partial charge in [-0.3, -0.25) is 9.10 Å². The first-order chi connectivity index (χ1) is 14.3. The van der Waals surface area contributed by atoms with Gasteiger partial charge in [0.05, 0.1) is 23.7 Å². The molecule has 0 aliphatic carbocycles. The van der Waals surface area contributed by atoms with Gasteiger partial charge in [-0.15, -0.1) is 0 Å². The van der Waals surface area contributed by atoms with Gasteiger partial charge in [-0.25, -0.2) is 8.42 Å². The normalized spacial score (nSPS) is 12.1. The van der Waals surface area contributed by atoms with E-state index in [1.807, 2.05) is 31.2 Å². The Bertz CT molecular complexity index is 1100. The lowest BCUT2D eigenvalue weighted by molar-refractivity contribution is 0.0940. The van der Waals surface area contributed by atoms with Crippen LogP contribution >= 0.6 is 0 Å². The van der Waals surface area contributed by atoms with Crippen molar-refractivity contribution < 1.29 is 17.9 Å². The van der Waals surface area contributed by atoms with Crippen LogP contribution in [-0.4, -0.2) is 28.5 Å². The maximum atomic E-state index is 12.7. The third kappa shape index (κ3) is 4.63. The number of ether oxygens (including phenoxy) is 1. The minimum absolute atomic E-state index is 0.191. The van der Waals surface area contributed by atoms with E-state index in [1.165, 1.54) is 11.4 Å². The van der Waals surface area contributed by atoms with Gasteiger partial charge in [-0.05, 0) is 61.0 Å². The molecule has 0 aliphatic rings. The van der Waals surface area contributed by atoms with Gasteiger partial charge in [0.15, 0.2) is 0 Å². The molecule has 3 rings (SSSR count). The first kappa shape index (κ1) is 21.4. The summed E-state index contributed by atoms with van der Waals surface area (Å²) in [6.07, 6.45) is 0. The number of methoxy groups -OCH3 is 1. The van der Waals surface area contributed by atoms with Crippen LogP contribution in [0.4, 0.5) is 5.69 Å². The van der Waals surface area contributed by atoms with Crippen LogP contribution in [0, 0.1) is 0 Å². The number of nitrogens with zero attached hydrogens (tertiary/aromatic N) is 1. The number of benzene rings is 3. The van der Waals surface area contributed by atoms with Crippen molar-refractivity contribution >= 4 is 21.6 Å². The van der Waals surface area contributed by atoms with Gasteiger partial charge in [0, 0.05) is 12.6 Å². The van der Waals surface area contributed by atoms with E-state index in [4.69, 9.17) is 4.74 Å². The summed E-state index contributed by atoms with van der Waals surface area (Å²) in [5, 5.41) is 2.94. The Balaban J connectivity index is 1.70. The molecule has 0 aliphatic heterocycles. The van der Waals surface area contributed by atoms with Gasteiger partial charge in [-0.2, -0.15) is 0 Å². The zero-order valence-electron chi connectivity index (χ0n) is 17.1. The average Bonchev–Trinajstić information content (AvgIpc) is 2.79.